The molecule has 0 aliphatic carbocycles. The number of nitrogen functional groups attached to an aromatic ring is 1. The summed E-state index contributed by atoms with van der Waals surface area (Å²) in [5.74, 6) is 1.68. The first-order valence-electron chi connectivity index (χ1n) is 4.93. The third-order valence-electron chi connectivity index (χ3n) is 2.14. The molecular formula is C11H17NO3S. The molecule has 1 aromatic carbocycles. The molecule has 0 fully saturated rings. The lowest BCUT2D eigenvalue weighted by atomic mass is 10.2. The van der Waals surface area contributed by atoms with E-state index in [1.807, 2.05) is 6.07 Å². The monoisotopic (exact) mass is 243 g/mol. The number of anilines is 1. The van der Waals surface area contributed by atoms with E-state index in [9.17, 15) is 4.21 Å². The number of ether oxygens (including phenoxy) is 2. The van der Waals surface area contributed by atoms with Gasteiger partial charge in [-0.25, -0.2) is 0 Å². The van der Waals surface area contributed by atoms with Gasteiger partial charge in [-0.05, 0) is 6.07 Å². The second kappa shape index (κ2) is 6.50. The molecule has 0 aromatic heterocycles. The maximum Gasteiger partial charge on any atom is 0.125 e. The number of hydrogen-bond donors (Lipinski definition) is 1. The van der Waals surface area contributed by atoms with Crippen LogP contribution in [-0.4, -0.2) is 30.8 Å². The van der Waals surface area contributed by atoms with Crippen molar-refractivity contribution in [1.82, 2.24) is 0 Å². The van der Waals surface area contributed by atoms with Gasteiger partial charge in [-0.1, -0.05) is 6.07 Å². The molecule has 0 bridgehead atoms. The van der Waals surface area contributed by atoms with E-state index < -0.39 is 10.8 Å². The van der Waals surface area contributed by atoms with Crippen LogP contribution in [0.3, 0.4) is 0 Å². The van der Waals surface area contributed by atoms with E-state index in [4.69, 9.17) is 15.2 Å². The maximum absolute atomic E-state index is 11.7. The molecule has 0 radical (unpaired) electrons. The van der Waals surface area contributed by atoms with Crippen LogP contribution in [-0.2, 0) is 21.3 Å². The fourth-order valence-electron chi connectivity index (χ4n) is 1.30. The molecule has 0 spiro atoms. The largest absolute Gasteiger partial charge is 0.496 e. The summed E-state index contributed by atoms with van der Waals surface area (Å²) in [5, 5.41) is 0. The highest BCUT2D eigenvalue weighted by atomic mass is 32.2. The molecule has 0 heterocycles. The van der Waals surface area contributed by atoms with Crippen molar-refractivity contribution in [2.24, 2.45) is 0 Å². The van der Waals surface area contributed by atoms with Crippen LogP contribution in [0.2, 0.25) is 0 Å². The van der Waals surface area contributed by atoms with E-state index in [1.165, 1.54) is 0 Å². The predicted octanol–water partition coefficient (Wildman–Crippen LogP) is 1.17. The van der Waals surface area contributed by atoms with Crippen LogP contribution in [0.25, 0.3) is 0 Å². The van der Waals surface area contributed by atoms with E-state index in [0.29, 0.717) is 29.5 Å². The third kappa shape index (κ3) is 3.83. The molecule has 0 saturated carbocycles. The molecule has 2 N–H and O–H groups in total. The van der Waals surface area contributed by atoms with Crippen LogP contribution in [0.5, 0.6) is 5.75 Å². The van der Waals surface area contributed by atoms with Gasteiger partial charge in [-0.15, -0.1) is 0 Å². The molecule has 16 heavy (non-hydrogen) atoms. The second-order valence-electron chi connectivity index (χ2n) is 3.35. The minimum absolute atomic E-state index is 0.465. The molecule has 0 aliphatic heterocycles. The fourth-order valence-corrected chi connectivity index (χ4v) is 2.38. The Bertz CT molecular complexity index is 368. The highest BCUT2D eigenvalue weighted by Gasteiger charge is 2.07. The highest BCUT2D eigenvalue weighted by molar-refractivity contribution is 7.84. The number of nitrogens with two attached hydrogens (primary N) is 1. The van der Waals surface area contributed by atoms with Gasteiger partial charge in [0.1, 0.15) is 5.75 Å². The van der Waals surface area contributed by atoms with Gasteiger partial charge in [0, 0.05) is 41.0 Å². The van der Waals surface area contributed by atoms with E-state index in [1.54, 1.807) is 26.4 Å². The average molecular weight is 243 g/mol. The summed E-state index contributed by atoms with van der Waals surface area (Å²) in [4.78, 5) is 0. The van der Waals surface area contributed by atoms with Gasteiger partial charge in [-0.2, -0.15) is 0 Å². The van der Waals surface area contributed by atoms with Crippen molar-refractivity contribution in [3.05, 3.63) is 23.8 Å². The summed E-state index contributed by atoms with van der Waals surface area (Å²) >= 11 is 0. The SMILES string of the molecule is COCCS(=O)Cc1ccc(N)cc1OC. The van der Waals surface area contributed by atoms with Gasteiger partial charge in [0.05, 0.1) is 19.5 Å². The Labute approximate surface area is 98.2 Å². The van der Waals surface area contributed by atoms with Gasteiger partial charge >= 0.3 is 0 Å². The Morgan fingerprint density at radius 3 is 2.75 bits per heavy atom. The molecule has 4 nitrogen and oxygen atoms in total. The molecule has 90 valence electrons. The van der Waals surface area contributed by atoms with Crippen molar-refractivity contribution in [3.63, 3.8) is 0 Å². The van der Waals surface area contributed by atoms with Crippen LogP contribution in [0.1, 0.15) is 5.56 Å². The van der Waals surface area contributed by atoms with Crippen LogP contribution < -0.4 is 10.5 Å². The van der Waals surface area contributed by atoms with Crippen molar-refractivity contribution in [1.29, 1.82) is 0 Å². The van der Waals surface area contributed by atoms with Crippen molar-refractivity contribution in [3.8, 4) is 5.75 Å². The zero-order valence-corrected chi connectivity index (χ0v) is 10.4. The fraction of sp³-hybridized carbons (Fsp3) is 0.455. The average Bonchev–Trinajstić information content (AvgIpc) is 2.28. The minimum Gasteiger partial charge on any atom is -0.496 e. The topological polar surface area (TPSA) is 61.5 Å². The molecule has 1 rings (SSSR count). The lowest BCUT2D eigenvalue weighted by Gasteiger charge is -2.09. The Morgan fingerprint density at radius 2 is 2.12 bits per heavy atom. The normalized spacial score (nSPS) is 12.4. The Kier molecular flexibility index (Phi) is 5.28. The highest BCUT2D eigenvalue weighted by Crippen LogP contribution is 2.22. The van der Waals surface area contributed by atoms with Gasteiger partial charge in [0.15, 0.2) is 0 Å². The molecule has 5 heteroatoms. The molecule has 1 aromatic rings. The molecule has 1 atom stereocenters. The zero-order chi connectivity index (χ0) is 12.0. The zero-order valence-electron chi connectivity index (χ0n) is 9.56. The second-order valence-corrected chi connectivity index (χ2v) is 4.93. The summed E-state index contributed by atoms with van der Waals surface area (Å²) in [6, 6.07) is 5.37. The first-order valence-corrected chi connectivity index (χ1v) is 6.42. The van der Waals surface area contributed by atoms with Crippen LogP contribution >= 0.6 is 0 Å². The predicted molar refractivity (Wildman–Crippen MR) is 66.0 cm³/mol. The molecule has 0 amide bonds. The standard InChI is InChI=1S/C11H17NO3S/c1-14-5-6-16(13)8-9-3-4-10(12)7-11(9)15-2/h3-4,7H,5-6,8,12H2,1-2H3. The van der Waals surface area contributed by atoms with Gasteiger partial charge in [-0.3, -0.25) is 4.21 Å². The van der Waals surface area contributed by atoms with Gasteiger partial charge in [0.25, 0.3) is 0 Å². The summed E-state index contributed by atoms with van der Waals surface area (Å²) < 4.78 is 21.7. The van der Waals surface area contributed by atoms with Crippen molar-refractivity contribution >= 4 is 16.5 Å². The third-order valence-corrected chi connectivity index (χ3v) is 3.40. The Morgan fingerprint density at radius 1 is 1.38 bits per heavy atom. The summed E-state index contributed by atoms with van der Waals surface area (Å²) in [5.41, 5.74) is 7.19. The first-order chi connectivity index (χ1) is 7.67. The van der Waals surface area contributed by atoms with E-state index in [2.05, 4.69) is 0 Å². The Hall–Kier alpha value is -1.07. The number of rotatable bonds is 6. The number of benzene rings is 1. The smallest absolute Gasteiger partial charge is 0.125 e. The molecule has 0 saturated heterocycles. The van der Waals surface area contributed by atoms with Crippen molar-refractivity contribution < 1.29 is 13.7 Å². The lowest BCUT2D eigenvalue weighted by molar-refractivity contribution is 0.218. The summed E-state index contributed by atoms with van der Waals surface area (Å²) in [6.07, 6.45) is 0. The minimum atomic E-state index is -0.935. The van der Waals surface area contributed by atoms with E-state index in [-0.39, 0.29) is 0 Å². The van der Waals surface area contributed by atoms with E-state index in [0.717, 1.165) is 5.56 Å². The Balaban J connectivity index is 2.69. The lowest BCUT2D eigenvalue weighted by Crippen LogP contribution is -2.07. The summed E-state index contributed by atoms with van der Waals surface area (Å²) in [6.45, 7) is 0.504. The van der Waals surface area contributed by atoms with Crippen LogP contribution in [0.4, 0.5) is 5.69 Å². The number of hydrogen-bond acceptors (Lipinski definition) is 4. The van der Waals surface area contributed by atoms with Crippen molar-refractivity contribution in [2.45, 2.75) is 5.75 Å². The van der Waals surface area contributed by atoms with Crippen LogP contribution in [0.15, 0.2) is 18.2 Å². The molecular weight excluding hydrogens is 226 g/mol. The summed E-state index contributed by atoms with van der Waals surface area (Å²) in [7, 11) is 2.24. The molecule has 1 unspecified atom stereocenters. The first kappa shape index (κ1) is 13.0. The van der Waals surface area contributed by atoms with E-state index >= 15 is 0 Å². The van der Waals surface area contributed by atoms with Gasteiger partial charge in [0.2, 0.25) is 0 Å². The number of methoxy groups -OCH3 is 2. The van der Waals surface area contributed by atoms with Gasteiger partial charge < -0.3 is 15.2 Å². The van der Waals surface area contributed by atoms with Crippen molar-refractivity contribution in [2.75, 3.05) is 32.3 Å². The molecule has 0 aliphatic rings. The van der Waals surface area contributed by atoms with Crippen LogP contribution in [0, 0.1) is 0 Å². The quantitative estimate of drug-likeness (QED) is 0.762. The maximum atomic E-state index is 11.7.